The van der Waals surface area contributed by atoms with Crippen molar-refractivity contribution in [2.75, 3.05) is 18.0 Å². The van der Waals surface area contributed by atoms with E-state index in [-0.39, 0.29) is 0 Å². The third kappa shape index (κ3) is 3.69. The molecule has 0 amide bonds. The standard InChI is InChI=1S/C18H22ClN3/c1-3-5-9-22(10-6-4-2)17-8-7-14-11-15(19)13-21-18(14)16(17)12-20/h7-8,11,13H,3-6,9-10H2,1-2H3. The Kier molecular flexibility index (Phi) is 6.03. The van der Waals surface area contributed by atoms with Crippen LogP contribution in [0.15, 0.2) is 24.4 Å². The number of anilines is 1. The highest BCUT2D eigenvalue weighted by Gasteiger charge is 2.14. The highest BCUT2D eigenvalue weighted by atomic mass is 35.5. The maximum Gasteiger partial charge on any atom is 0.104 e. The first-order valence-corrected chi connectivity index (χ1v) is 8.32. The molecule has 1 aromatic heterocycles. The van der Waals surface area contributed by atoms with Crippen LogP contribution in [0, 0.1) is 11.3 Å². The average Bonchev–Trinajstić information content (AvgIpc) is 2.54. The molecular weight excluding hydrogens is 294 g/mol. The van der Waals surface area contributed by atoms with Gasteiger partial charge < -0.3 is 4.90 Å². The highest BCUT2D eigenvalue weighted by Crippen LogP contribution is 2.29. The van der Waals surface area contributed by atoms with E-state index >= 15 is 0 Å². The van der Waals surface area contributed by atoms with Crippen LogP contribution in [-0.2, 0) is 0 Å². The molecule has 2 aromatic rings. The summed E-state index contributed by atoms with van der Waals surface area (Å²) in [4.78, 5) is 6.69. The Morgan fingerprint density at radius 3 is 2.45 bits per heavy atom. The van der Waals surface area contributed by atoms with Gasteiger partial charge in [0, 0.05) is 24.7 Å². The van der Waals surface area contributed by atoms with E-state index in [0.29, 0.717) is 10.6 Å². The number of halogens is 1. The van der Waals surface area contributed by atoms with Gasteiger partial charge in [-0.2, -0.15) is 5.26 Å². The number of pyridine rings is 1. The molecule has 1 heterocycles. The number of fused-ring (bicyclic) bond motifs is 1. The Bertz CT molecular complexity index is 668. The molecule has 1 aromatic carbocycles. The molecule has 4 heteroatoms. The molecule has 0 spiro atoms. The fourth-order valence-corrected chi connectivity index (χ4v) is 2.75. The summed E-state index contributed by atoms with van der Waals surface area (Å²) in [5.74, 6) is 0. The fraction of sp³-hybridized carbons (Fsp3) is 0.444. The molecule has 0 saturated heterocycles. The lowest BCUT2D eigenvalue weighted by Crippen LogP contribution is -2.26. The Morgan fingerprint density at radius 1 is 1.18 bits per heavy atom. The summed E-state index contributed by atoms with van der Waals surface area (Å²) in [6.07, 6.45) is 6.15. The third-order valence-electron chi connectivity index (χ3n) is 3.81. The second kappa shape index (κ2) is 8.00. The van der Waals surface area contributed by atoms with E-state index in [4.69, 9.17) is 11.6 Å². The lowest BCUT2D eigenvalue weighted by molar-refractivity contribution is 0.678. The van der Waals surface area contributed by atoms with Gasteiger partial charge in [-0.15, -0.1) is 0 Å². The summed E-state index contributed by atoms with van der Waals surface area (Å²) in [5, 5.41) is 11.1. The Balaban J connectivity index is 2.47. The quantitative estimate of drug-likeness (QED) is 0.708. The van der Waals surface area contributed by atoms with Gasteiger partial charge in [0.25, 0.3) is 0 Å². The number of nitriles is 1. The number of rotatable bonds is 7. The number of aromatic nitrogens is 1. The predicted molar refractivity (Wildman–Crippen MR) is 93.5 cm³/mol. The summed E-state index contributed by atoms with van der Waals surface area (Å²) in [6.45, 7) is 6.33. The summed E-state index contributed by atoms with van der Waals surface area (Å²) in [6, 6.07) is 8.24. The molecule has 0 fully saturated rings. The number of hydrogen-bond acceptors (Lipinski definition) is 3. The number of unbranched alkanes of at least 4 members (excludes halogenated alkanes) is 2. The number of hydrogen-bond donors (Lipinski definition) is 0. The average molecular weight is 316 g/mol. The van der Waals surface area contributed by atoms with Crippen LogP contribution in [0.3, 0.4) is 0 Å². The van der Waals surface area contributed by atoms with Gasteiger partial charge in [-0.1, -0.05) is 44.4 Å². The fourth-order valence-electron chi connectivity index (χ4n) is 2.59. The van der Waals surface area contributed by atoms with Gasteiger partial charge in [-0.3, -0.25) is 4.98 Å². The molecular formula is C18H22ClN3. The van der Waals surface area contributed by atoms with Crippen molar-refractivity contribution in [1.29, 1.82) is 5.26 Å². The van der Waals surface area contributed by atoms with Crippen LogP contribution in [0.25, 0.3) is 10.9 Å². The molecule has 0 N–H and O–H groups in total. The summed E-state index contributed by atoms with van der Waals surface area (Å²) < 4.78 is 0. The first-order chi connectivity index (χ1) is 10.7. The van der Waals surface area contributed by atoms with Crippen LogP contribution in [0.5, 0.6) is 0 Å². The van der Waals surface area contributed by atoms with Gasteiger partial charge >= 0.3 is 0 Å². The van der Waals surface area contributed by atoms with E-state index in [9.17, 15) is 5.26 Å². The predicted octanol–water partition coefficient (Wildman–Crippen LogP) is 5.17. The molecule has 22 heavy (non-hydrogen) atoms. The lowest BCUT2D eigenvalue weighted by Gasteiger charge is -2.26. The maximum atomic E-state index is 9.64. The van der Waals surface area contributed by atoms with Crippen molar-refractivity contribution in [3.05, 3.63) is 35.0 Å². The second-order valence-corrected chi connectivity index (χ2v) is 5.93. The molecule has 3 nitrogen and oxygen atoms in total. The third-order valence-corrected chi connectivity index (χ3v) is 4.02. The van der Waals surface area contributed by atoms with Crippen LogP contribution < -0.4 is 4.90 Å². The minimum atomic E-state index is 0.595. The van der Waals surface area contributed by atoms with Crippen LogP contribution in [0.1, 0.15) is 45.1 Å². The van der Waals surface area contributed by atoms with Gasteiger partial charge in [-0.05, 0) is 25.0 Å². The van der Waals surface area contributed by atoms with Crippen molar-refractivity contribution in [1.82, 2.24) is 4.98 Å². The van der Waals surface area contributed by atoms with Crippen LogP contribution in [0.2, 0.25) is 5.02 Å². The van der Waals surface area contributed by atoms with Crippen molar-refractivity contribution in [3.63, 3.8) is 0 Å². The molecule has 0 aliphatic carbocycles. The zero-order chi connectivity index (χ0) is 15.9. The summed E-state index contributed by atoms with van der Waals surface area (Å²) in [7, 11) is 0. The van der Waals surface area contributed by atoms with Crippen molar-refractivity contribution < 1.29 is 0 Å². The molecule has 0 saturated carbocycles. The van der Waals surface area contributed by atoms with Crippen LogP contribution in [-0.4, -0.2) is 18.1 Å². The molecule has 116 valence electrons. The minimum absolute atomic E-state index is 0.595. The zero-order valence-corrected chi connectivity index (χ0v) is 14.0. The van der Waals surface area contributed by atoms with E-state index in [2.05, 4.69) is 29.8 Å². The monoisotopic (exact) mass is 315 g/mol. The molecule has 0 aliphatic rings. The van der Waals surface area contributed by atoms with Crippen LogP contribution >= 0.6 is 11.6 Å². The molecule has 0 radical (unpaired) electrons. The highest BCUT2D eigenvalue weighted by molar-refractivity contribution is 6.31. The van der Waals surface area contributed by atoms with Gasteiger partial charge in [0.15, 0.2) is 0 Å². The largest absolute Gasteiger partial charge is 0.370 e. The lowest BCUT2D eigenvalue weighted by atomic mass is 10.1. The van der Waals surface area contributed by atoms with Crippen molar-refractivity contribution in [2.24, 2.45) is 0 Å². The Labute approximate surface area is 137 Å². The van der Waals surface area contributed by atoms with Crippen molar-refractivity contribution >= 4 is 28.2 Å². The minimum Gasteiger partial charge on any atom is -0.370 e. The number of benzene rings is 1. The Hall–Kier alpha value is -1.79. The topological polar surface area (TPSA) is 39.9 Å². The molecule has 2 rings (SSSR count). The van der Waals surface area contributed by atoms with E-state index < -0.39 is 0 Å². The maximum absolute atomic E-state index is 9.64. The van der Waals surface area contributed by atoms with E-state index in [0.717, 1.165) is 55.4 Å². The molecule has 0 unspecified atom stereocenters. The van der Waals surface area contributed by atoms with Gasteiger partial charge in [0.05, 0.1) is 16.2 Å². The number of nitrogens with zero attached hydrogens (tertiary/aromatic N) is 3. The first kappa shape index (κ1) is 16.6. The molecule has 0 bridgehead atoms. The van der Waals surface area contributed by atoms with Gasteiger partial charge in [0.2, 0.25) is 0 Å². The van der Waals surface area contributed by atoms with E-state index in [1.165, 1.54) is 0 Å². The molecule has 0 aliphatic heterocycles. The van der Waals surface area contributed by atoms with Crippen molar-refractivity contribution in [2.45, 2.75) is 39.5 Å². The van der Waals surface area contributed by atoms with Gasteiger partial charge in [0.1, 0.15) is 11.6 Å². The second-order valence-electron chi connectivity index (χ2n) is 5.49. The first-order valence-electron chi connectivity index (χ1n) is 7.94. The SMILES string of the molecule is CCCCN(CCCC)c1ccc2cc(Cl)cnc2c1C#N. The molecule has 0 atom stereocenters. The van der Waals surface area contributed by atoms with Crippen molar-refractivity contribution in [3.8, 4) is 6.07 Å². The van der Waals surface area contributed by atoms with Gasteiger partial charge in [-0.25, -0.2) is 0 Å². The Morgan fingerprint density at radius 2 is 1.86 bits per heavy atom. The normalized spacial score (nSPS) is 10.6. The zero-order valence-electron chi connectivity index (χ0n) is 13.3. The van der Waals surface area contributed by atoms with E-state index in [1.54, 1.807) is 6.20 Å². The van der Waals surface area contributed by atoms with Crippen LogP contribution in [0.4, 0.5) is 5.69 Å². The summed E-state index contributed by atoms with van der Waals surface area (Å²) >= 11 is 6.00. The smallest absolute Gasteiger partial charge is 0.104 e. The summed E-state index contributed by atoms with van der Waals surface area (Å²) in [5.41, 5.74) is 2.38. The van der Waals surface area contributed by atoms with E-state index in [1.807, 2.05) is 18.2 Å².